The molecule has 0 aliphatic heterocycles. The number of aliphatic carboxylic acids is 1. The lowest BCUT2D eigenvalue weighted by molar-refractivity contribution is -0.192. The number of carbonyl (C=O) groups excluding carboxylic acids is 2. The fourth-order valence-electron chi connectivity index (χ4n) is 1.88. The molecule has 0 saturated carbocycles. The number of aliphatic hydroxyl groups excluding tert-OH is 1. The van der Waals surface area contributed by atoms with Crippen molar-refractivity contribution in [2.24, 2.45) is 11.1 Å². The van der Waals surface area contributed by atoms with Gasteiger partial charge in [-0.3, -0.25) is 9.59 Å². The lowest BCUT2D eigenvalue weighted by Gasteiger charge is -2.30. The van der Waals surface area contributed by atoms with Crippen molar-refractivity contribution in [1.29, 1.82) is 0 Å². The summed E-state index contributed by atoms with van der Waals surface area (Å²) in [4.78, 5) is 32.7. The molecule has 30 heavy (non-hydrogen) atoms. The largest absolute Gasteiger partial charge is 0.490 e. The topological polar surface area (TPSA) is 139 Å². The normalized spacial score (nSPS) is 13.3. The van der Waals surface area contributed by atoms with Crippen LogP contribution in [0.15, 0.2) is 30.3 Å². The summed E-state index contributed by atoms with van der Waals surface area (Å²) in [5, 5.41) is 19.1. The van der Waals surface area contributed by atoms with Crippen LogP contribution in [0.4, 0.5) is 13.2 Å². The number of rotatable bonds is 7. The lowest BCUT2D eigenvalue weighted by atomic mass is 9.87. The van der Waals surface area contributed by atoms with Gasteiger partial charge in [0.2, 0.25) is 5.91 Å². The van der Waals surface area contributed by atoms with Crippen LogP contribution in [0.25, 0.3) is 0 Å². The van der Waals surface area contributed by atoms with Gasteiger partial charge >= 0.3 is 18.1 Å². The average Bonchev–Trinajstić information content (AvgIpc) is 2.63. The van der Waals surface area contributed by atoms with Gasteiger partial charge in [0.1, 0.15) is 6.61 Å². The molecule has 0 fully saturated rings. The number of halogens is 3. The number of alkyl halides is 3. The predicted molar refractivity (Wildman–Crippen MR) is 101 cm³/mol. The number of hydrogen-bond donors (Lipinski definition) is 4. The summed E-state index contributed by atoms with van der Waals surface area (Å²) in [6.45, 7) is 5.64. The number of amides is 1. The molecule has 0 aliphatic carbocycles. The third-order valence-electron chi connectivity index (χ3n) is 3.75. The Morgan fingerprint density at radius 2 is 1.63 bits per heavy atom. The van der Waals surface area contributed by atoms with Crippen molar-refractivity contribution in [3.63, 3.8) is 0 Å². The molecular formula is C19H27F3N2O6. The van der Waals surface area contributed by atoms with Crippen LogP contribution in [-0.2, 0) is 25.7 Å². The molecule has 170 valence electrons. The van der Waals surface area contributed by atoms with Crippen molar-refractivity contribution >= 4 is 17.8 Å². The molecule has 0 heterocycles. The first-order valence-corrected chi connectivity index (χ1v) is 8.85. The smallest absolute Gasteiger partial charge is 0.475 e. The van der Waals surface area contributed by atoms with Crippen molar-refractivity contribution in [1.82, 2.24) is 5.32 Å². The number of nitrogens with two attached hydrogens (primary N) is 1. The number of carboxylic acid groups (broad SMARTS) is 1. The molecule has 11 heteroatoms. The van der Waals surface area contributed by atoms with E-state index in [9.17, 15) is 27.9 Å². The van der Waals surface area contributed by atoms with Crippen LogP contribution in [0, 0.1) is 5.41 Å². The van der Waals surface area contributed by atoms with Crippen molar-refractivity contribution in [2.75, 3.05) is 6.61 Å². The van der Waals surface area contributed by atoms with Crippen LogP contribution < -0.4 is 11.1 Å². The van der Waals surface area contributed by atoms with Gasteiger partial charge in [-0.2, -0.15) is 13.2 Å². The monoisotopic (exact) mass is 436 g/mol. The number of ether oxygens (including phenoxy) is 1. The van der Waals surface area contributed by atoms with Crippen molar-refractivity contribution < 1.29 is 42.5 Å². The number of benzene rings is 1. The van der Waals surface area contributed by atoms with Crippen molar-refractivity contribution in [2.45, 2.75) is 52.1 Å². The van der Waals surface area contributed by atoms with Crippen LogP contribution in [0.2, 0.25) is 0 Å². The molecule has 0 bridgehead atoms. The van der Waals surface area contributed by atoms with Crippen molar-refractivity contribution in [3.05, 3.63) is 35.9 Å². The highest BCUT2D eigenvalue weighted by Gasteiger charge is 2.38. The van der Waals surface area contributed by atoms with E-state index in [-0.39, 0.29) is 25.0 Å². The highest BCUT2D eigenvalue weighted by atomic mass is 19.4. The summed E-state index contributed by atoms with van der Waals surface area (Å²) in [6.07, 6.45) is -5.29. The predicted octanol–water partition coefficient (Wildman–Crippen LogP) is 1.60. The first-order chi connectivity index (χ1) is 13.7. The first kappa shape index (κ1) is 27.3. The molecule has 1 rings (SSSR count). The van der Waals surface area contributed by atoms with E-state index in [4.69, 9.17) is 20.4 Å². The Morgan fingerprint density at radius 1 is 1.13 bits per heavy atom. The van der Waals surface area contributed by atoms with E-state index in [1.165, 1.54) is 0 Å². The van der Waals surface area contributed by atoms with Crippen molar-refractivity contribution in [3.8, 4) is 0 Å². The second-order valence-electron chi connectivity index (χ2n) is 7.37. The fourth-order valence-corrected chi connectivity index (χ4v) is 1.88. The Bertz CT molecular complexity index is 690. The molecule has 2 atom stereocenters. The maximum Gasteiger partial charge on any atom is 0.490 e. The number of aliphatic hydroxyl groups is 1. The third-order valence-corrected chi connectivity index (χ3v) is 3.75. The van der Waals surface area contributed by atoms with E-state index >= 15 is 0 Å². The quantitative estimate of drug-likeness (QED) is 0.476. The number of carbonyl (C=O) groups is 3. The zero-order valence-corrected chi connectivity index (χ0v) is 16.9. The number of esters is 1. The number of carboxylic acids is 1. The van der Waals surface area contributed by atoms with E-state index in [1.807, 2.05) is 51.1 Å². The molecule has 0 saturated heterocycles. The molecule has 1 amide bonds. The Morgan fingerprint density at radius 3 is 2.03 bits per heavy atom. The number of hydrogen-bond acceptors (Lipinski definition) is 6. The highest BCUT2D eigenvalue weighted by Crippen LogP contribution is 2.18. The second kappa shape index (κ2) is 12.1. The highest BCUT2D eigenvalue weighted by molar-refractivity contribution is 5.86. The van der Waals surface area contributed by atoms with Gasteiger partial charge in [-0.25, -0.2) is 4.79 Å². The SMILES string of the molecule is CC(C)(C)C(CO)NC(=O)C(N)CC(=O)OCc1ccccc1.O=C(O)C(F)(F)F. The molecule has 1 aromatic rings. The Kier molecular flexibility index (Phi) is 11.1. The van der Waals surface area contributed by atoms with Crippen LogP contribution in [0.3, 0.4) is 0 Å². The molecule has 0 aromatic heterocycles. The molecule has 2 unspecified atom stereocenters. The summed E-state index contributed by atoms with van der Waals surface area (Å²) in [7, 11) is 0. The van der Waals surface area contributed by atoms with E-state index in [0.29, 0.717) is 0 Å². The van der Waals surface area contributed by atoms with Gasteiger partial charge < -0.3 is 26.0 Å². The van der Waals surface area contributed by atoms with Gasteiger partial charge in [0, 0.05) is 0 Å². The first-order valence-electron chi connectivity index (χ1n) is 8.85. The summed E-state index contributed by atoms with van der Waals surface area (Å²) >= 11 is 0. The number of nitrogens with one attached hydrogen (secondary N) is 1. The lowest BCUT2D eigenvalue weighted by Crippen LogP contribution is -2.52. The Labute approximate surface area is 172 Å². The van der Waals surface area contributed by atoms with E-state index in [2.05, 4.69) is 5.32 Å². The van der Waals surface area contributed by atoms with Gasteiger partial charge in [0.15, 0.2) is 0 Å². The molecule has 0 spiro atoms. The summed E-state index contributed by atoms with van der Waals surface area (Å²) in [5.41, 5.74) is 6.30. The van der Waals surface area contributed by atoms with Gasteiger partial charge in [-0.15, -0.1) is 0 Å². The Hall–Kier alpha value is -2.66. The Balaban J connectivity index is 0.00000103. The second-order valence-corrected chi connectivity index (χ2v) is 7.37. The van der Waals surface area contributed by atoms with Gasteiger partial charge in [-0.1, -0.05) is 51.1 Å². The molecular weight excluding hydrogens is 409 g/mol. The van der Waals surface area contributed by atoms with Crippen LogP contribution in [0.1, 0.15) is 32.8 Å². The van der Waals surface area contributed by atoms with E-state index in [1.54, 1.807) is 0 Å². The van der Waals surface area contributed by atoms with Gasteiger partial charge in [-0.05, 0) is 11.0 Å². The standard InChI is InChI=1S/C17H26N2O4.C2HF3O2/c1-17(2,3)14(10-20)19-16(22)13(18)9-15(21)23-11-12-7-5-4-6-8-12;3-2(4,5)1(6)7/h4-8,13-14,20H,9-11,18H2,1-3H3,(H,19,22);(H,6,7). The summed E-state index contributed by atoms with van der Waals surface area (Å²) < 4.78 is 36.8. The minimum atomic E-state index is -5.08. The zero-order chi connectivity index (χ0) is 23.5. The molecule has 0 aliphatic rings. The zero-order valence-electron chi connectivity index (χ0n) is 16.9. The molecule has 5 N–H and O–H groups in total. The van der Waals surface area contributed by atoms with Gasteiger partial charge in [0.05, 0.1) is 25.1 Å². The van der Waals surface area contributed by atoms with Crippen LogP contribution in [0.5, 0.6) is 0 Å². The minimum absolute atomic E-state index is 0.148. The average molecular weight is 436 g/mol. The molecule has 1 aromatic carbocycles. The molecule has 0 radical (unpaired) electrons. The maximum absolute atomic E-state index is 12.0. The van der Waals surface area contributed by atoms with Gasteiger partial charge in [0.25, 0.3) is 0 Å². The minimum Gasteiger partial charge on any atom is -0.475 e. The maximum atomic E-state index is 12.0. The van der Waals surface area contributed by atoms with E-state index < -0.39 is 36.1 Å². The fraction of sp³-hybridized carbons (Fsp3) is 0.526. The van der Waals surface area contributed by atoms with E-state index in [0.717, 1.165) is 5.56 Å². The summed E-state index contributed by atoms with van der Waals surface area (Å²) in [6, 6.07) is 7.83. The molecule has 8 nitrogen and oxygen atoms in total. The third kappa shape index (κ3) is 11.4. The van der Waals surface area contributed by atoms with Crippen LogP contribution in [-0.4, -0.2) is 52.9 Å². The van der Waals surface area contributed by atoms with Crippen LogP contribution >= 0.6 is 0 Å². The summed E-state index contributed by atoms with van der Waals surface area (Å²) in [5.74, 6) is -3.77.